The molecule has 1 aromatic rings. The molecule has 1 fully saturated rings. The van der Waals surface area contributed by atoms with Gasteiger partial charge in [0.05, 0.1) is 6.54 Å². The van der Waals surface area contributed by atoms with Crippen LogP contribution >= 0.6 is 27.3 Å². The van der Waals surface area contributed by atoms with Crippen LogP contribution in [-0.2, 0) is 16.1 Å². The van der Waals surface area contributed by atoms with Gasteiger partial charge in [0.15, 0.2) is 0 Å². The van der Waals surface area contributed by atoms with E-state index < -0.39 is 11.6 Å². The molecule has 4 nitrogen and oxygen atoms in total. The van der Waals surface area contributed by atoms with Crippen LogP contribution in [0.4, 0.5) is 0 Å². The maximum absolute atomic E-state index is 12.4. The van der Waals surface area contributed by atoms with Gasteiger partial charge < -0.3 is 10.2 Å². The fraction of sp³-hybridized carbons (Fsp3) is 0.538. The fourth-order valence-electron chi connectivity index (χ4n) is 2.21. The molecular weight excluding hydrogens is 328 g/mol. The van der Waals surface area contributed by atoms with Crippen LogP contribution in [0.5, 0.6) is 0 Å². The Kier molecular flexibility index (Phi) is 4.01. The third kappa shape index (κ3) is 2.56. The highest BCUT2D eigenvalue weighted by Crippen LogP contribution is 2.29. The van der Waals surface area contributed by atoms with Crippen LogP contribution in [0.15, 0.2) is 15.9 Å². The molecule has 1 aliphatic rings. The predicted octanol–water partition coefficient (Wildman–Crippen LogP) is 2.53. The van der Waals surface area contributed by atoms with E-state index in [1.165, 1.54) is 0 Å². The molecule has 0 aliphatic carbocycles. The van der Waals surface area contributed by atoms with Gasteiger partial charge in [0.25, 0.3) is 0 Å². The number of rotatable bonds is 3. The average molecular weight is 345 g/mol. The van der Waals surface area contributed by atoms with Crippen LogP contribution in [0, 0.1) is 0 Å². The average Bonchev–Trinajstić information content (AvgIpc) is 2.78. The van der Waals surface area contributed by atoms with Crippen LogP contribution < -0.4 is 5.32 Å². The van der Waals surface area contributed by atoms with Crippen LogP contribution in [0.25, 0.3) is 0 Å². The van der Waals surface area contributed by atoms with Crippen LogP contribution in [0.1, 0.15) is 32.1 Å². The molecule has 6 heteroatoms. The lowest BCUT2D eigenvalue weighted by atomic mass is 9.91. The van der Waals surface area contributed by atoms with Crippen LogP contribution in [-0.4, -0.2) is 28.3 Å². The highest BCUT2D eigenvalue weighted by atomic mass is 79.9. The van der Waals surface area contributed by atoms with Crippen molar-refractivity contribution in [2.45, 2.75) is 45.3 Å². The number of halogens is 1. The first kappa shape index (κ1) is 14.5. The highest BCUT2D eigenvalue weighted by molar-refractivity contribution is 9.10. The Bertz CT molecular complexity index is 516. The number of nitrogens with one attached hydrogen (secondary N) is 1. The Hall–Kier alpha value is -0.880. The quantitative estimate of drug-likeness (QED) is 0.915. The van der Waals surface area contributed by atoms with Crippen molar-refractivity contribution in [1.29, 1.82) is 0 Å². The molecule has 2 amide bonds. The number of amides is 2. The van der Waals surface area contributed by atoms with Gasteiger partial charge in [-0.15, -0.1) is 11.3 Å². The van der Waals surface area contributed by atoms with Crippen LogP contribution in [0.2, 0.25) is 0 Å². The molecule has 2 atom stereocenters. The number of hydrogen-bond donors (Lipinski definition) is 1. The summed E-state index contributed by atoms with van der Waals surface area (Å²) in [6.07, 6.45) is 0.601. The first-order valence-electron chi connectivity index (χ1n) is 6.24. The summed E-state index contributed by atoms with van der Waals surface area (Å²) in [7, 11) is 0. The van der Waals surface area contributed by atoms with Crippen molar-refractivity contribution < 1.29 is 9.59 Å². The Morgan fingerprint density at radius 3 is 2.74 bits per heavy atom. The van der Waals surface area contributed by atoms with Gasteiger partial charge in [0.2, 0.25) is 11.8 Å². The highest BCUT2D eigenvalue weighted by Gasteiger charge is 2.46. The second-order valence-corrected chi connectivity index (χ2v) is 6.89. The number of piperazine rings is 1. The summed E-state index contributed by atoms with van der Waals surface area (Å²) < 4.78 is 1.01. The summed E-state index contributed by atoms with van der Waals surface area (Å²) in [6.45, 7) is 5.97. The Labute approximate surface area is 125 Å². The number of carbonyl (C=O) groups excluding carboxylic acids is 2. The molecule has 0 bridgehead atoms. The predicted molar refractivity (Wildman–Crippen MR) is 78.9 cm³/mol. The van der Waals surface area contributed by atoms with Gasteiger partial charge in [-0.25, -0.2) is 0 Å². The van der Waals surface area contributed by atoms with Gasteiger partial charge in [-0.05, 0) is 42.3 Å². The molecule has 0 aromatic carbocycles. The van der Waals surface area contributed by atoms with E-state index in [0.717, 1.165) is 9.35 Å². The standard InChI is InChI=1S/C13H17BrN2O2S/c1-4-13(3)12(18)15-8(2)11(17)16(13)6-10-5-9(14)7-19-10/h5,7-8H,4,6H2,1-3H3,(H,15,18). The zero-order chi connectivity index (χ0) is 14.2. The lowest BCUT2D eigenvalue weighted by Crippen LogP contribution is -2.68. The minimum absolute atomic E-state index is 0.0199. The normalized spacial score (nSPS) is 27.6. The Morgan fingerprint density at radius 2 is 2.21 bits per heavy atom. The fourth-order valence-corrected chi connectivity index (χ4v) is 3.65. The van der Waals surface area contributed by atoms with Gasteiger partial charge in [-0.2, -0.15) is 0 Å². The molecule has 0 spiro atoms. The van der Waals surface area contributed by atoms with Crippen molar-refractivity contribution in [3.63, 3.8) is 0 Å². The molecule has 1 N–H and O–H groups in total. The molecule has 2 heterocycles. The molecule has 1 aliphatic heterocycles. The lowest BCUT2D eigenvalue weighted by molar-refractivity contribution is -0.157. The molecule has 2 rings (SSSR count). The van der Waals surface area contributed by atoms with Crippen molar-refractivity contribution in [3.05, 3.63) is 20.8 Å². The molecule has 0 radical (unpaired) electrons. The molecule has 0 saturated carbocycles. The van der Waals surface area contributed by atoms with E-state index in [9.17, 15) is 9.59 Å². The minimum Gasteiger partial charge on any atom is -0.343 e. The molecule has 19 heavy (non-hydrogen) atoms. The Morgan fingerprint density at radius 1 is 1.53 bits per heavy atom. The van der Waals surface area contributed by atoms with Crippen LogP contribution in [0.3, 0.4) is 0 Å². The van der Waals surface area contributed by atoms with E-state index >= 15 is 0 Å². The van der Waals surface area contributed by atoms with Gasteiger partial charge in [-0.1, -0.05) is 6.92 Å². The topological polar surface area (TPSA) is 49.4 Å². The maximum Gasteiger partial charge on any atom is 0.246 e. The monoisotopic (exact) mass is 344 g/mol. The van der Waals surface area contributed by atoms with Crippen molar-refractivity contribution in [2.24, 2.45) is 0 Å². The van der Waals surface area contributed by atoms with Gasteiger partial charge >= 0.3 is 0 Å². The lowest BCUT2D eigenvalue weighted by Gasteiger charge is -2.45. The largest absolute Gasteiger partial charge is 0.343 e. The molecule has 1 saturated heterocycles. The summed E-state index contributed by atoms with van der Waals surface area (Å²) in [5.41, 5.74) is -0.764. The number of nitrogens with zero attached hydrogens (tertiary/aromatic N) is 1. The second-order valence-electron chi connectivity index (χ2n) is 4.98. The van der Waals surface area contributed by atoms with E-state index in [0.29, 0.717) is 13.0 Å². The van der Waals surface area contributed by atoms with Crippen molar-refractivity contribution in [2.75, 3.05) is 0 Å². The molecule has 1 aromatic heterocycles. The Balaban J connectivity index is 2.31. The van der Waals surface area contributed by atoms with Crippen molar-refractivity contribution >= 4 is 39.1 Å². The zero-order valence-corrected chi connectivity index (χ0v) is 13.6. The van der Waals surface area contributed by atoms with E-state index in [2.05, 4.69) is 21.2 Å². The number of thiophene rings is 1. The molecular formula is C13H17BrN2O2S. The van der Waals surface area contributed by atoms with E-state index in [-0.39, 0.29) is 11.8 Å². The van der Waals surface area contributed by atoms with E-state index in [1.54, 1.807) is 23.2 Å². The summed E-state index contributed by atoms with van der Waals surface area (Å²) in [5, 5.41) is 4.74. The summed E-state index contributed by atoms with van der Waals surface area (Å²) >= 11 is 5.00. The summed E-state index contributed by atoms with van der Waals surface area (Å²) in [5.74, 6) is -0.0915. The summed E-state index contributed by atoms with van der Waals surface area (Å²) in [6, 6.07) is 1.54. The van der Waals surface area contributed by atoms with Gasteiger partial charge in [-0.3, -0.25) is 9.59 Å². The third-order valence-electron chi connectivity index (χ3n) is 3.69. The SMILES string of the molecule is CCC1(C)C(=O)NC(C)C(=O)N1Cc1cc(Br)cs1. The first-order chi connectivity index (χ1) is 8.88. The molecule has 2 unspecified atom stereocenters. The molecule has 104 valence electrons. The number of hydrogen-bond acceptors (Lipinski definition) is 3. The third-order valence-corrected chi connectivity index (χ3v) is 5.38. The van der Waals surface area contributed by atoms with Gasteiger partial charge in [0, 0.05) is 14.7 Å². The van der Waals surface area contributed by atoms with Gasteiger partial charge in [0.1, 0.15) is 11.6 Å². The number of carbonyl (C=O) groups is 2. The van der Waals surface area contributed by atoms with Crippen molar-refractivity contribution in [3.8, 4) is 0 Å². The smallest absolute Gasteiger partial charge is 0.246 e. The maximum atomic E-state index is 12.4. The zero-order valence-electron chi connectivity index (χ0n) is 11.2. The minimum atomic E-state index is -0.764. The summed E-state index contributed by atoms with van der Waals surface area (Å²) in [4.78, 5) is 27.3. The van der Waals surface area contributed by atoms with E-state index in [1.807, 2.05) is 25.3 Å². The first-order valence-corrected chi connectivity index (χ1v) is 7.91. The van der Waals surface area contributed by atoms with E-state index in [4.69, 9.17) is 0 Å². The second kappa shape index (κ2) is 5.25. The van der Waals surface area contributed by atoms with Crippen molar-refractivity contribution in [1.82, 2.24) is 10.2 Å².